The number of piperazine rings is 1. The van der Waals surface area contributed by atoms with Crippen molar-refractivity contribution < 1.29 is 14.4 Å². The Morgan fingerprint density at radius 3 is 2.63 bits per heavy atom. The van der Waals surface area contributed by atoms with E-state index in [1.165, 1.54) is 0 Å². The first-order valence-electron chi connectivity index (χ1n) is 10.2. The van der Waals surface area contributed by atoms with Crippen LogP contribution < -0.4 is 5.32 Å². The average Bonchev–Trinajstić information content (AvgIpc) is 2.75. The lowest BCUT2D eigenvalue weighted by molar-refractivity contribution is -0.158. The summed E-state index contributed by atoms with van der Waals surface area (Å²) in [7, 11) is 0. The van der Waals surface area contributed by atoms with Gasteiger partial charge in [0.05, 0.1) is 0 Å². The number of halogens is 1. The van der Waals surface area contributed by atoms with Gasteiger partial charge in [0.1, 0.15) is 12.6 Å². The van der Waals surface area contributed by atoms with E-state index in [1.54, 1.807) is 21.9 Å². The van der Waals surface area contributed by atoms with Crippen molar-refractivity contribution in [3.63, 3.8) is 0 Å². The SMILES string of the molecule is Cc1cc(NC(=O)c2ccc(CN3CC(=O)N4CCCC[C@@H]4C3=O)cc2)ccc1Br. The zero-order valence-corrected chi connectivity index (χ0v) is 18.4. The maximum absolute atomic E-state index is 12.8. The smallest absolute Gasteiger partial charge is 0.255 e. The Balaban J connectivity index is 1.40. The lowest BCUT2D eigenvalue weighted by Gasteiger charge is -2.42. The number of nitrogens with zero attached hydrogens (tertiary/aromatic N) is 2. The number of anilines is 1. The first-order chi connectivity index (χ1) is 14.4. The van der Waals surface area contributed by atoms with Crippen LogP contribution in [-0.2, 0) is 16.1 Å². The summed E-state index contributed by atoms with van der Waals surface area (Å²) < 4.78 is 0.993. The Hall–Kier alpha value is -2.67. The van der Waals surface area contributed by atoms with E-state index in [9.17, 15) is 14.4 Å². The molecule has 2 aromatic rings. The van der Waals surface area contributed by atoms with E-state index in [0.29, 0.717) is 18.7 Å². The quantitative estimate of drug-likeness (QED) is 0.741. The summed E-state index contributed by atoms with van der Waals surface area (Å²) in [6.45, 7) is 3.15. The van der Waals surface area contributed by atoms with Crippen molar-refractivity contribution in [1.29, 1.82) is 0 Å². The monoisotopic (exact) mass is 469 g/mol. The van der Waals surface area contributed by atoms with Crippen LogP contribution in [-0.4, -0.2) is 46.7 Å². The summed E-state index contributed by atoms with van der Waals surface area (Å²) in [5.41, 5.74) is 3.22. The number of piperidine rings is 1. The summed E-state index contributed by atoms with van der Waals surface area (Å²) in [5, 5.41) is 2.90. The summed E-state index contributed by atoms with van der Waals surface area (Å²) >= 11 is 3.45. The number of aryl methyl sites for hydroxylation is 1. The molecule has 0 bridgehead atoms. The molecule has 0 radical (unpaired) electrons. The highest BCUT2D eigenvalue weighted by Crippen LogP contribution is 2.24. The lowest BCUT2D eigenvalue weighted by atomic mass is 9.98. The maximum Gasteiger partial charge on any atom is 0.255 e. The average molecular weight is 470 g/mol. The molecule has 2 aromatic carbocycles. The predicted molar refractivity (Wildman–Crippen MR) is 118 cm³/mol. The second-order valence-corrected chi connectivity index (χ2v) is 8.76. The number of carbonyl (C=O) groups is 3. The first-order valence-corrected chi connectivity index (χ1v) is 11.0. The van der Waals surface area contributed by atoms with Crippen LogP contribution in [0.4, 0.5) is 5.69 Å². The molecule has 0 aromatic heterocycles. The van der Waals surface area contributed by atoms with Crippen molar-refractivity contribution in [2.45, 2.75) is 38.8 Å². The molecule has 7 heteroatoms. The number of rotatable bonds is 4. The highest BCUT2D eigenvalue weighted by molar-refractivity contribution is 9.10. The number of hydrogen-bond donors (Lipinski definition) is 1. The molecule has 4 rings (SSSR count). The second-order valence-electron chi connectivity index (χ2n) is 7.91. The molecule has 1 atom stereocenters. The third-order valence-corrected chi connectivity index (χ3v) is 6.64. The van der Waals surface area contributed by atoms with E-state index in [2.05, 4.69) is 21.2 Å². The molecule has 2 saturated heterocycles. The van der Waals surface area contributed by atoms with E-state index in [-0.39, 0.29) is 30.3 Å². The van der Waals surface area contributed by atoms with Gasteiger partial charge in [0.25, 0.3) is 5.91 Å². The van der Waals surface area contributed by atoms with Crippen molar-refractivity contribution in [1.82, 2.24) is 9.80 Å². The molecule has 30 heavy (non-hydrogen) atoms. The predicted octanol–water partition coefficient (Wildman–Crippen LogP) is 3.73. The maximum atomic E-state index is 12.8. The van der Waals surface area contributed by atoms with Crippen LogP contribution in [0.3, 0.4) is 0 Å². The van der Waals surface area contributed by atoms with Gasteiger partial charge in [-0.1, -0.05) is 28.1 Å². The van der Waals surface area contributed by atoms with Crippen LogP contribution in [0.2, 0.25) is 0 Å². The number of amides is 3. The van der Waals surface area contributed by atoms with E-state index in [1.807, 2.05) is 37.3 Å². The minimum Gasteiger partial charge on any atom is -0.329 e. The van der Waals surface area contributed by atoms with Crippen molar-refractivity contribution in [2.24, 2.45) is 0 Å². The Kier molecular flexibility index (Phi) is 5.90. The minimum absolute atomic E-state index is 0.0279. The fourth-order valence-electron chi connectivity index (χ4n) is 4.07. The number of hydrogen-bond acceptors (Lipinski definition) is 3. The van der Waals surface area contributed by atoms with Crippen molar-refractivity contribution in [3.8, 4) is 0 Å². The van der Waals surface area contributed by atoms with Crippen LogP contribution in [0, 0.1) is 6.92 Å². The van der Waals surface area contributed by atoms with Gasteiger partial charge in [0.2, 0.25) is 11.8 Å². The normalized spacial score (nSPS) is 18.9. The molecule has 3 amide bonds. The lowest BCUT2D eigenvalue weighted by Crippen LogP contribution is -2.60. The van der Waals surface area contributed by atoms with Crippen LogP contribution >= 0.6 is 15.9 Å². The molecular weight excluding hydrogens is 446 g/mol. The van der Waals surface area contributed by atoms with Gasteiger partial charge < -0.3 is 15.1 Å². The van der Waals surface area contributed by atoms with Crippen LogP contribution in [0.25, 0.3) is 0 Å². The Morgan fingerprint density at radius 1 is 1.13 bits per heavy atom. The molecule has 0 saturated carbocycles. The van der Waals surface area contributed by atoms with Gasteiger partial charge in [-0.25, -0.2) is 0 Å². The molecule has 2 aliphatic rings. The first kappa shape index (κ1) is 20.6. The highest BCUT2D eigenvalue weighted by atomic mass is 79.9. The van der Waals surface area contributed by atoms with Gasteiger partial charge in [0.15, 0.2) is 0 Å². The summed E-state index contributed by atoms with van der Waals surface area (Å²) in [4.78, 5) is 41.1. The Labute approximate surface area is 184 Å². The molecule has 2 fully saturated rings. The highest BCUT2D eigenvalue weighted by Gasteiger charge is 2.40. The van der Waals surface area contributed by atoms with Crippen molar-refractivity contribution >= 4 is 39.3 Å². The van der Waals surface area contributed by atoms with Crippen molar-refractivity contribution in [3.05, 3.63) is 63.6 Å². The van der Waals surface area contributed by atoms with Crippen molar-refractivity contribution in [2.75, 3.05) is 18.4 Å². The Bertz CT molecular complexity index is 990. The van der Waals surface area contributed by atoms with Gasteiger partial charge in [-0.2, -0.15) is 0 Å². The number of fused-ring (bicyclic) bond motifs is 1. The second kappa shape index (κ2) is 8.60. The largest absolute Gasteiger partial charge is 0.329 e. The molecule has 2 aliphatic heterocycles. The fraction of sp³-hybridized carbons (Fsp3) is 0.348. The summed E-state index contributed by atoms with van der Waals surface area (Å²) in [6, 6.07) is 12.5. The molecule has 6 nitrogen and oxygen atoms in total. The minimum atomic E-state index is -0.306. The van der Waals surface area contributed by atoms with E-state index in [0.717, 1.165) is 40.5 Å². The van der Waals surface area contributed by atoms with Gasteiger partial charge in [-0.15, -0.1) is 0 Å². The fourth-order valence-corrected chi connectivity index (χ4v) is 4.32. The molecule has 0 aliphatic carbocycles. The number of benzene rings is 2. The van der Waals surface area contributed by atoms with Crippen LogP contribution in [0.15, 0.2) is 46.9 Å². The third-order valence-electron chi connectivity index (χ3n) is 5.75. The molecule has 0 spiro atoms. The molecule has 2 heterocycles. The topological polar surface area (TPSA) is 69.7 Å². The van der Waals surface area contributed by atoms with E-state index >= 15 is 0 Å². The van der Waals surface area contributed by atoms with Gasteiger partial charge in [-0.3, -0.25) is 14.4 Å². The standard InChI is InChI=1S/C23H24BrN3O3/c1-15-12-18(9-10-19(15)24)25-22(29)17-7-5-16(6-8-17)13-26-14-21(28)27-11-3-2-4-20(27)23(26)30/h5-10,12,20H,2-4,11,13-14H2,1H3,(H,25,29)/t20-/m1/s1. The molecular formula is C23H24BrN3O3. The molecule has 1 N–H and O–H groups in total. The zero-order chi connectivity index (χ0) is 21.3. The third kappa shape index (κ3) is 4.26. The summed E-state index contributed by atoms with van der Waals surface area (Å²) in [5.74, 6) is -0.132. The van der Waals surface area contributed by atoms with Crippen LogP contribution in [0.1, 0.15) is 40.7 Å². The molecule has 156 valence electrons. The number of nitrogens with one attached hydrogen (secondary N) is 1. The van der Waals surface area contributed by atoms with Gasteiger partial charge in [-0.05, 0) is 67.6 Å². The van der Waals surface area contributed by atoms with Gasteiger partial charge in [0, 0.05) is 28.8 Å². The van der Waals surface area contributed by atoms with E-state index in [4.69, 9.17) is 0 Å². The van der Waals surface area contributed by atoms with E-state index < -0.39 is 0 Å². The number of carbonyl (C=O) groups excluding carboxylic acids is 3. The molecule has 0 unspecified atom stereocenters. The Morgan fingerprint density at radius 2 is 1.90 bits per heavy atom. The van der Waals surface area contributed by atoms with Gasteiger partial charge >= 0.3 is 0 Å². The summed E-state index contributed by atoms with van der Waals surface area (Å²) in [6.07, 6.45) is 2.70. The zero-order valence-electron chi connectivity index (χ0n) is 16.9. The van der Waals surface area contributed by atoms with Crippen LogP contribution in [0.5, 0.6) is 0 Å².